The number of unbranched alkanes of at least 4 members (excludes halogenated alkanes) is 1. The Morgan fingerprint density at radius 3 is 2.26 bits per heavy atom. The van der Waals surface area contributed by atoms with Gasteiger partial charge in [-0.05, 0) is 43.9 Å². The SMILES string of the molecule is CCCCNC(=O)C(CC)N(Cc1c(Cl)cccc1Cl)C(=O)CCc1ccc(C)cc1. The normalized spacial score (nSPS) is 11.8. The lowest BCUT2D eigenvalue weighted by Gasteiger charge is -2.31. The zero-order chi connectivity index (χ0) is 22.8. The standard InChI is InChI=1S/C25H32Cl2N2O2/c1-4-6-16-28-25(31)23(5-2)29(17-20-21(26)8-7-9-22(20)27)24(30)15-14-19-12-10-18(3)11-13-19/h7-13,23H,4-6,14-17H2,1-3H3,(H,28,31). The molecule has 0 fully saturated rings. The fourth-order valence-electron chi connectivity index (χ4n) is 3.43. The van der Waals surface area contributed by atoms with Gasteiger partial charge in [0.15, 0.2) is 0 Å². The summed E-state index contributed by atoms with van der Waals surface area (Å²) >= 11 is 12.7. The molecule has 0 saturated heterocycles. The van der Waals surface area contributed by atoms with Crippen LogP contribution in [0.15, 0.2) is 42.5 Å². The van der Waals surface area contributed by atoms with E-state index in [2.05, 4.69) is 12.2 Å². The van der Waals surface area contributed by atoms with E-state index in [9.17, 15) is 9.59 Å². The van der Waals surface area contributed by atoms with Crippen molar-refractivity contribution in [1.29, 1.82) is 0 Å². The van der Waals surface area contributed by atoms with Crippen molar-refractivity contribution in [3.8, 4) is 0 Å². The quantitative estimate of drug-likeness (QED) is 0.418. The number of amides is 2. The molecular weight excluding hydrogens is 431 g/mol. The Labute approximate surface area is 195 Å². The van der Waals surface area contributed by atoms with Crippen LogP contribution in [0.3, 0.4) is 0 Å². The highest BCUT2D eigenvalue weighted by Crippen LogP contribution is 2.27. The lowest BCUT2D eigenvalue weighted by molar-refractivity contribution is -0.141. The van der Waals surface area contributed by atoms with Crippen LogP contribution in [-0.4, -0.2) is 29.3 Å². The summed E-state index contributed by atoms with van der Waals surface area (Å²) in [6, 6.07) is 12.8. The van der Waals surface area contributed by atoms with E-state index in [-0.39, 0.29) is 18.4 Å². The number of rotatable bonds is 11. The minimum atomic E-state index is -0.574. The molecule has 4 nitrogen and oxygen atoms in total. The molecule has 0 aliphatic heterocycles. The first-order chi connectivity index (χ1) is 14.9. The van der Waals surface area contributed by atoms with Crippen LogP contribution >= 0.6 is 23.2 Å². The second kappa shape index (κ2) is 12.7. The molecule has 0 aliphatic carbocycles. The maximum Gasteiger partial charge on any atom is 0.242 e. The summed E-state index contributed by atoms with van der Waals surface area (Å²) in [5.74, 6) is -0.225. The summed E-state index contributed by atoms with van der Waals surface area (Å²) < 4.78 is 0. The molecule has 2 aromatic carbocycles. The van der Waals surface area contributed by atoms with E-state index < -0.39 is 6.04 Å². The van der Waals surface area contributed by atoms with Crippen LogP contribution in [0.25, 0.3) is 0 Å². The third-order valence-electron chi connectivity index (χ3n) is 5.35. The third-order valence-corrected chi connectivity index (χ3v) is 6.06. The summed E-state index contributed by atoms with van der Waals surface area (Å²) in [5.41, 5.74) is 2.93. The van der Waals surface area contributed by atoms with Gasteiger partial charge in [0.2, 0.25) is 11.8 Å². The molecule has 31 heavy (non-hydrogen) atoms. The summed E-state index contributed by atoms with van der Waals surface area (Å²) in [5, 5.41) is 3.95. The maximum atomic E-state index is 13.3. The molecule has 1 N–H and O–H groups in total. The predicted octanol–water partition coefficient (Wildman–Crippen LogP) is 5.96. The molecule has 0 radical (unpaired) electrons. The minimum Gasteiger partial charge on any atom is -0.354 e. The van der Waals surface area contributed by atoms with Crippen LogP contribution in [0.1, 0.15) is 56.2 Å². The van der Waals surface area contributed by atoms with Crippen molar-refractivity contribution in [1.82, 2.24) is 10.2 Å². The van der Waals surface area contributed by atoms with Crippen LogP contribution in [0.2, 0.25) is 10.0 Å². The van der Waals surface area contributed by atoms with Crippen molar-refractivity contribution in [2.24, 2.45) is 0 Å². The highest BCUT2D eigenvalue weighted by molar-refractivity contribution is 6.36. The molecule has 1 unspecified atom stereocenters. The fourth-order valence-corrected chi connectivity index (χ4v) is 3.95. The average Bonchev–Trinajstić information content (AvgIpc) is 2.75. The van der Waals surface area contributed by atoms with Gasteiger partial charge in [0.1, 0.15) is 6.04 Å². The van der Waals surface area contributed by atoms with Gasteiger partial charge in [-0.2, -0.15) is 0 Å². The first kappa shape index (κ1) is 25.2. The molecule has 0 heterocycles. The third kappa shape index (κ3) is 7.55. The first-order valence-corrected chi connectivity index (χ1v) is 11.7. The predicted molar refractivity (Wildman–Crippen MR) is 129 cm³/mol. The Kier molecular flexibility index (Phi) is 10.4. The zero-order valence-corrected chi connectivity index (χ0v) is 20.1. The number of hydrogen-bond donors (Lipinski definition) is 1. The second-order valence-electron chi connectivity index (χ2n) is 7.78. The van der Waals surface area contributed by atoms with Gasteiger partial charge in [-0.3, -0.25) is 9.59 Å². The van der Waals surface area contributed by atoms with E-state index in [1.807, 2.05) is 38.1 Å². The lowest BCUT2D eigenvalue weighted by Crippen LogP contribution is -2.49. The molecule has 0 aromatic heterocycles. The van der Waals surface area contributed by atoms with Crippen molar-refractivity contribution in [3.05, 3.63) is 69.2 Å². The molecule has 0 spiro atoms. The number of nitrogens with zero attached hydrogens (tertiary/aromatic N) is 1. The number of aryl methyl sites for hydroxylation is 2. The van der Waals surface area contributed by atoms with Crippen LogP contribution in [0.5, 0.6) is 0 Å². The van der Waals surface area contributed by atoms with Crippen LogP contribution in [-0.2, 0) is 22.6 Å². The van der Waals surface area contributed by atoms with Gasteiger partial charge in [-0.25, -0.2) is 0 Å². The van der Waals surface area contributed by atoms with E-state index >= 15 is 0 Å². The van der Waals surface area contributed by atoms with Crippen LogP contribution in [0.4, 0.5) is 0 Å². The molecule has 0 saturated carbocycles. The highest BCUT2D eigenvalue weighted by Gasteiger charge is 2.29. The monoisotopic (exact) mass is 462 g/mol. The summed E-state index contributed by atoms with van der Waals surface area (Å²) in [4.78, 5) is 27.8. The Morgan fingerprint density at radius 1 is 1.03 bits per heavy atom. The summed E-state index contributed by atoms with van der Waals surface area (Å²) in [7, 11) is 0. The van der Waals surface area contributed by atoms with Crippen molar-refractivity contribution >= 4 is 35.0 Å². The fraction of sp³-hybridized carbons (Fsp3) is 0.440. The molecule has 1 atom stereocenters. The zero-order valence-electron chi connectivity index (χ0n) is 18.6. The van der Waals surface area contributed by atoms with E-state index in [1.165, 1.54) is 5.56 Å². The summed E-state index contributed by atoms with van der Waals surface area (Å²) in [6.45, 7) is 6.82. The van der Waals surface area contributed by atoms with E-state index in [1.54, 1.807) is 23.1 Å². The van der Waals surface area contributed by atoms with Crippen molar-refractivity contribution < 1.29 is 9.59 Å². The largest absolute Gasteiger partial charge is 0.354 e. The minimum absolute atomic E-state index is 0.0888. The molecule has 0 bridgehead atoms. The Balaban J connectivity index is 2.23. The van der Waals surface area contributed by atoms with Crippen LogP contribution in [0, 0.1) is 6.92 Å². The number of halogens is 2. The summed E-state index contributed by atoms with van der Waals surface area (Å²) in [6.07, 6.45) is 3.32. The molecule has 2 rings (SSSR count). The van der Waals surface area contributed by atoms with Gasteiger partial charge in [0, 0.05) is 35.1 Å². The molecule has 6 heteroatoms. The van der Waals surface area contributed by atoms with E-state index in [0.717, 1.165) is 18.4 Å². The number of carbonyl (C=O) groups excluding carboxylic acids is 2. The maximum absolute atomic E-state index is 13.3. The Morgan fingerprint density at radius 2 is 1.68 bits per heavy atom. The van der Waals surface area contributed by atoms with Gasteiger partial charge in [-0.15, -0.1) is 0 Å². The lowest BCUT2D eigenvalue weighted by atomic mass is 10.0. The second-order valence-corrected chi connectivity index (χ2v) is 8.59. The number of hydrogen-bond acceptors (Lipinski definition) is 2. The smallest absolute Gasteiger partial charge is 0.242 e. The Hall–Kier alpha value is -2.04. The van der Waals surface area contributed by atoms with Gasteiger partial charge in [-0.1, -0.05) is 79.4 Å². The average molecular weight is 463 g/mol. The molecule has 168 valence electrons. The topological polar surface area (TPSA) is 49.4 Å². The van der Waals surface area contributed by atoms with Crippen molar-refractivity contribution in [2.45, 2.75) is 65.5 Å². The van der Waals surface area contributed by atoms with Crippen molar-refractivity contribution in [2.75, 3.05) is 6.54 Å². The highest BCUT2D eigenvalue weighted by atomic mass is 35.5. The van der Waals surface area contributed by atoms with Gasteiger partial charge < -0.3 is 10.2 Å². The number of carbonyl (C=O) groups is 2. The van der Waals surface area contributed by atoms with E-state index in [4.69, 9.17) is 23.2 Å². The van der Waals surface area contributed by atoms with Crippen molar-refractivity contribution in [3.63, 3.8) is 0 Å². The molecule has 2 aromatic rings. The number of nitrogens with one attached hydrogen (secondary N) is 1. The van der Waals surface area contributed by atoms with Gasteiger partial charge in [0.25, 0.3) is 0 Å². The number of benzene rings is 2. The van der Waals surface area contributed by atoms with Gasteiger partial charge in [0.05, 0.1) is 0 Å². The first-order valence-electron chi connectivity index (χ1n) is 10.9. The van der Waals surface area contributed by atoms with E-state index in [0.29, 0.717) is 41.4 Å². The molecule has 0 aliphatic rings. The van der Waals surface area contributed by atoms with Crippen LogP contribution < -0.4 is 5.32 Å². The Bertz CT molecular complexity index is 848. The van der Waals surface area contributed by atoms with Gasteiger partial charge >= 0.3 is 0 Å². The molecular formula is C25H32Cl2N2O2. The molecule has 2 amide bonds.